The Kier molecular flexibility index (Phi) is 7.63. The van der Waals surface area contributed by atoms with Gasteiger partial charge < -0.3 is 28.3 Å². The fraction of sp³-hybridized carbons (Fsp3) is 0.290. The molecule has 8 nitrogen and oxygen atoms in total. The van der Waals surface area contributed by atoms with Crippen LogP contribution in [0.25, 0.3) is 11.0 Å². The van der Waals surface area contributed by atoms with Gasteiger partial charge in [0.05, 0.1) is 31.7 Å². The number of nitrogens with zero attached hydrogens (tertiary/aromatic N) is 1. The lowest BCUT2D eigenvalue weighted by molar-refractivity contribution is -0.149. The van der Waals surface area contributed by atoms with Crippen LogP contribution in [-0.2, 0) is 11.2 Å². The summed E-state index contributed by atoms with van der Waals surface area (Å²) in [6.45, 7) is 3.99. The number of benzene rings is 3. The third kappa shape index (κ3) is 5.45. The summed E-state index contributed by atoms with van der Waals surface area (Å²) in [4.78, 5) is 28.1. The Balaban J connectivity index is 1.51. The molecule has 0 fully saturated rings. The summed E-state index contributed by atoms with van der Waals surface area (Å²) in [7, 11) is 3.16. The highest BCUT2D eigenvalue weighted by atomic mass is 35.5. The quantitative estimate of drug-likeness (QED) is 0.249. The number of halogens is 1. The molecule has 40 heavy (non-hydrogen) atoms. The standard InChI is InChI=1S/C31H30ClNO7/c1-31(2,40-21-11-9-20(32)10-12-21)30(35)33-14-13-19-15-27(36-3)28(37-4)16-23(19)24(33)18-38-26-17-29(34)39-25-8-6-5-7-22(25)26/h5-12,15-17,24H,13-14,18H2,1-4H3. The van der Waals surface area contributed by atoms with Gasteiger partial charge in [-0.1, -0.05) is 23.7 Å². The van der Waals surface area contributed by atoms with Gasteiger partial charge in [-0.05, 0) is 79.9 Å². The first-order valence-electron chi connectivity index (χ1n) is 12.9. The van der Waals surface area contributed by atoms with Crippen molar-refractivity contribution < 1.29 is 28.2 Å². The summed E-state index contributed by atoms with van der Waals surface area (Å²) < 4.78 is 28.8. The Morgan fingerprint density at radius 2 is 1.70 bits per heavy atom. The first-order valence-corrected chi connectivity index (χ1v) is 13.2. The van der Waals surface area contributed by atoms with Gasteiger partial charge in [0, 0.05) is 11.6 Å². The van der Waals surface area contributed by atoms with Crippen LogP contribution in [0.15, 0.2) is 75.9 Å². The number of fused-ring (bicyclic) bond motifs is 2. The highest BCUT2D eigenvalue weighted by Gasteiger charge is 2.41. The van der Waals surface area contributed by atoms with E-state index in [0.717, 1.165) is 11.1 Å². The van der Waals surface area contributed by atoms with Crippen LogP contribution in [0.2, 0.25) is 5.02 Å². The molecule has 208 valence electrons. The lowest BCUT2D eigenvalue weighted by Crippen LogP contribution is -2.53. The molecule has 1 aliphatic heterocycles. The zero-order valence-electron chi connectivity index (χ0n) is 22.7. The predicted molar refractivity (Wildman–Crippen MR) is 152 cm³/mol. The van der Waals surface area contributed by atoms with Crippen molar-refractivity contribution in [2.75, 3.05) is 27.4 Å². The van der Waals surface area contributed by atoms with Crippen molar-refractivity contribution in [1.29, 1.82) is 0 Å². The summed E-state index contributed by atoms with van der Waals surface area (Å²) in [6.07, 6.45) is 0.604. The highest BCUT2D eigenvalue weighted by Crippen LogP contribution is 2.40. The smallest absolute Gasteiger partial charge is 0.339 e. The maximum absolute atomic E-state index is 14.1. The SMILES string of the molecule is COc1cc2c(cc1OC)C(COc1cc(=O)oc3ccccc13)N(C(=O)C(C)(C)Oc1ccc(Cl)cc1)CC2. The van der Waals surface area contributed by atoms with E-state index >= 15 is 0 Å². The van der Waals surface area contributed by atoms with Gasteiger partial charge >= 0.3 is 5.63 Å². The monoisotopic (exact) mass is 563 g/mol. The van der Waals surface area contributed by atoms with Crippen molar-refractivity contribution in [3.05, 3.63) is 93.3 Å². The third-order valence-corrected chi connectivity index (χ3v) is 7.23. The minimum atomic E-state index is -1.19. The molecule has 0 bridgehead atoms. The van der Waals surface area contributed by atoms with Crippen LogP contribution in [0, 0.1) is 0 Å². The Bertz CT molecular complexity index is 1600. The number of methoxy groups -OCH3 is 2. The van der Waals surface area contributed by atoms with Crippen molar-refractivity contribution in [2.24, 2.45) is 0 Å². The molecule has 0 saturated carbocycles. The average Bonchev–Trinajstić information content (AvgIpc) is 2.95. The molecule has 0 aliphatic carbocycles. The largest absolute Gasteiger partial charge is 0.493 e. The van der Waals surface area contributed by atoms with Gasteiger partial charge in [0.1, 0.15) is 23.7 Å². The molecule has 0 saturated heterocycles. The second kappa shape index (κ2) is 11.1. The van der Waals surface area contributed by atoms with Crippen molar-refractivity contribution in [3.8, 4) is 23.0 Å². The van der Waals surface area contributed by atoms with Crippen LogP contribution in [0.3, 0.4) is 0 Å². The molecule has 3 aromatic carbocycles. The molecule has 2 heterocycles. The first kappa shape index (κ1) is 27.4. The Morgan fingerprint density at radius 3 is 2.42 bits per heavy atom. The molecule has 1 amide bonds. The van der Waals surface area contributed by atoms with Crippen LogP contribution >= 0.6 is 11.6 Å². The minimum Gasteiger partial charge on any atom is -0.493 e. The number of rotatable bonds is 8. The van der Waals surface area contributed by atoms with Gasteiger partial charge in [0.2, 0.25) is 0 Å². The van der Waals surface area contributed by atoms with Crippen molar-refractivity contribution in [3.63, 3.8) is 0 Å². The fourth-order valence-electron chi connectivity index (χ4n) is 5.01. The third-order valence-electron chi connectivity index (χ3n) is 6.97. The summed E-state index contributed by atoms with van der Waals surface area (Å²) in [5, 5.41) is 1.24. The Labute approximate surface area is 237 Å². The fourth-order valence-corrected chi connectivity index (χ4v) is 5.13. The number of para-hydroxylation sites is 1. The molecule has 0 radical (unpaired) electrons. The molecule has 1 aromatic heterocycles. The van der Waals surface area contributed by atoms with E-state index in [1.807, 2.05) is 24.3 Å². The maximum atomic E-state index is 14.1. The highest BCUT2D eigenvalue weighted by molar-refractivity contribution is 6.30. The topological polar surface area (TPSA) is 87.4 Å². The van der Waals surface area contributed by atoms with Crippen LogP contribution in [0.4, 0.5) is 0 Å². The van der Waals surface area contributed by atoms with Gasteiger partial charge in [0.15, 0.2) is 17.1 Å². The predicted octanol–water partition coefficient (Wildman–Crippen LogP) is 5.83. The second-order valence-electron chi connectivity index (χ2n) is 9.97. The summed E-state index contributed by atoms with van der Waals surface area (Å²) in [5.41, 5.74) is 0.595. The minimum absolute atomic E-state index is 0.0820. The lowest BCUT2D eigenvalue weighted by Gasteiger charge is -2.41. The van der Waals surface area contributed by atoms with Crippen molar-refractivity contribution in [2.45, 2.75) is 31.9 Å². The van der Waals surface area contributed by atoms with E-state index in [2.05, 4.69) is 0 Å². The van der Waals surface area contributed by atoms with Gasteiger partial charge in [-0.3, -0.25) is 4.79 Å². The molecule has 1 atom stereocenters. The van der Waals surface area contributed by atoms with Crippen LogP contribution in [0.1, 0.15) is 31.0 Å². The zero-order chi connectivity index (χ0) is 28.4. The molecule has 4 aromatic rings. The molecule has 1 unspecified atom stereocenters. The van der Waals surface area contributed by atoms with E-state index in [1.165, 1.54) is 6.07 Å². The number of carbonyl (C=O) groups excluding carboxylic acids is 1. The Hall–Kier alpha value is -4.17. The first-order chi connectivity index (χ1) is 19.2. The van der Waals surface area contributed by atoms with Gasteiger partial charge in [-0.2, -0.15) is 0 Å². The zero-order valence-corrected chi connectivity index (χ0v) is 23.5. The summed E-state index contributed by atoms with van der Waals surface area (Å²) in [6, 6.07) is 18.7. The van der Waals surface area contributed by atoms with E-state index in [9.17, 15) is 9.59 Å². The molecule has 0 spiro atoms. The number of hydrogen-bond donors (Lipinski definition) is 0. The molecular weight excluding hydrogens is 534 g/mol. The maximum Gasteiger partial charge on any atom is 0.339 e. The van der Waals surface area contributed by atoms with E-state index in [-0.39, 0.29) is 12.5 Å². The molecule has 9 heteroatoms. The molecule has 5 rings (SSSR count). The second-order valence-corrected chi connectivity index (χ2v) is 10.4. The van der Waals surface area contributed by atoms with Crippen molar-refractivity contribution >= 4 is 28.5 Å². The van der Waals surface area contributed by atoms with Crippen LogP contribution in [-0.4, -0.2) is 43.8 Å². The molecule has 1 aliphatic rings. The normalized spacial score (nSPS) is 14.9. The van der Waals surface area contributed by atoms with Gasteiger partial charge in [0.25, 0.3) is 5.91 Å². The molecule has 0 N–H and O–H groups in total. The average molecular weight is 564 g/mol. The molecular formula is C31H30ClNO7. The van der Waals surface area contributed by atoms with Gasteiger partial charge in [-0.15, -0.1) is 0 Å². The number of carbonyl (C=O) groups is 1. The van der Waals surface area contributed by atoms with E-state index < -0.39 is 17.3 Å². The van der Waals surface area contributed by atoms with Crippen molar-refractivity contribution in [1.82, 2.24) is 4.90 Å². The van der Waals surface area contributed by atoms with E-state index in [4.69, 9.17) is 35.0 Å². The number of amides is 1. The van der Waals surface area contributed by atoms with Gasteiger partial charge in [-0.25, -0.2) is 4.79 Å². The van der Waals surface area contributed by atoms with E-state index in [0.29, 0.717) is 52.0 Å². The van der Waals surface area contributed by atoms with Crippen LogP contribution in [0.5, 0.6) is 23.0 Å². The number of ether oxygens (including phenoxy) is 4. The summed E-state index contributed by atoms with van der Waals surface area (Å²) >= 11 is 6.02. The van der Waals surface area contributed by atoms with Crippen LogP contribution < -0.4 is 24.6 Å². The Morgan fingerprint density at radius 1 is 1.00 bits per heavy atom. The lowest BCUT2D eigenvalue weighted by atomic mass is 9.90. The number of hydrogen-bond acceptors (Lipinski definition) is 7. The van der Waals surface area contributed by atoms with E-state index in [1.54, 1.807) is 69.4 Å². The summed E-state index contributed by atoms with van der Waals surface area (Å²) in [5.74, 6) is 1.85.